The molecule has 174 valence electrons. The number of nitrogen functional groups attached to an aromatic ring is 1. The van der Waals surface area contributed by atoms with Gasteiger partial charge in [0.1, 0.15) is 11.5 Å². The van der Waals surface area contributed by atoms with E-state index in [0.717, 1.165) is 5.56 Å². The molecule has 0 fully saturated rings. The maximum Gasteiger partial charge on any atom is 0.272 e. The van der Waals surface area contributed by atoms with Crippen molar-refractivity contribution in [3.8, 4) is 0 Å². The van der Waals surface area contributed by atoms with Gasteiger partial charge in [0.05, 0.1) is 21.7 Å². The maximum atomic E-state index is 12.7. The molecule has 32 heavy (non-hydrogen) atoms. The first-order valence-electron chi connectivity index (χ1n) is 9.39. The predicted octanol–water partition coefficient (Wildman–Crippen LogP) is 1.99. The lowest BCUT2D eigenvalue weighted by Gasteiger charge is -2.12. The van der Waals surface area contributed by atoms with Crippen LogP contribution in [-0.4, -0.2) is 55.1 Å². The first kappa shape index (κ1) is 27.6. The van der Waals surface area contributed by atoms with Gasteiger partial charge in [-0.1, -0.05) is 24.3 Å². The number of fused-ring (bicyclic) bond motifs is 1. The van der Waals surface area contributed by atoms with E-state index in [1.165, 1.54) is 16.7 Å². The summed E-state index contributed by atoms with van der Waals surface area (Å²) in [6, 6.07) is 11.7. The number of aromatic nitrogens is 2. The lowest BCUT2D eigenvalue weighted by Crippen LogP contribution is -2.24. The van der Waals surface area contributed by atoms with Gasteiger partial charge in [0, 0.05) is 25.6 Å². The zero-order valence-electron chi connectivity index (χ0n) is 18.0. The van der Waals surface area contributed by atoms with Gasteiger partial charge >= 0.3 is 0 Å². The van der Waals surface area contributed by atoms with Gasteiger partial charge in [0.15, 0.2) is 9.84 Å². The van der Waals surface area contributed by atoms with Crippen LogP contribution in [0.3, 0.4) is 0 Å². The second-order valence-electron chi connectivity index (χ2n) is 7.48. The molecule has 0 aliphatic carbocycles. The number of sulfone groups is 1. The van der Waals surface area contributed by atoms with E-state index >= 15 is 0 Å². The van der Waals surface area contributed by atoms with E-state index in [-0.39, 0.29) is 46.9 Å². The summed E-state index contributed by atoms with van der Waals surface area (Å²) >= 11 is 0. The van der Waals surface area contributed by atoms with Crippen LogP contribution in [0.4, 0.5) is 0 Å². The first-order valence-corrected chi connectivity index (χ1v) is 11.0. The highest BCUT2D eigenvalue weighted by Gasteiger charge is 2.17. The fourth-order valence-corrected chi connectivity index (χ4v) is 4.51. The van der Waals surface area contributed by atoms with Gasteiger partial charge in [-0.2, -0.15) is 0 Å². The molecule has 3 aromatic rings. The summed E-state index contributed by atoms with van der Waals surface area (Å²) in [4.78, 5) is 19.2. The summed E-state index contributed by atoms with van der Waals surface area (Å²) in [7, 11) is 1.84. The zero-order valence-corrected chi connectivity index (χ0v) is 20.5. The lowest BCUT2D eigenvalue weighted by atomic mass is 10.1. The zero-order chi connectivity index (χ0) is 22.1. The minimum atomic E-state index is -3.46. The Morgan fingerprint density at radius 3 is 2.31 bits per heavy atom. The van der Waals surface area contributed by atoms with Gasteiger partial charge in [-0.15, -0.1) is 24.8 Å². The van der Waals surface area contributed by atoms with E-state index in [4.69, 9.17) is 11.1 Å². The van der Waals surface area contributed by atoms with Crippen LogP contribution in [0.15, 0.2) is 52.2 Å². The van der Waals surface area contributed by atoms with E-state index in [0.29, 0.717) is 35.3 Å². The van der Waals surface area contributed by atoms with Crippen molar-refractivity contribution < 1.29 is 8.42 Å². The van der Waals surface area contributed by atoms with Crippen molar-refractivity contribution in [3.63, 3.8) is 0 Å². The number of nitrogens with one attached hydrogen (secondary N) is 1. The minimum absolute atomic E-state index is 0. The second-order valence-corrected chi connectivity index (χ2v) is 9.59. The molecule has 0 atom stereocenters. The van der Waals surface area contributed by atoms with Crippen LogP contribution < -0.4 is 11.3 Å². The first-order chi connectivity index (χ1) is 14.1. The Balaban J connectivity index is 0.00000256. The quantitative estimate of drug-likeness (QED) is 0.378. The third-order valence-electron chi connectivity index (χ3n) is 4.92. The van der Waals surface area contributed by atoms with Gasteiger partial charge in [-0.25, -0.2) is 13.4 Å². The molecular weight excluding hydrogens is 473 g/mol. The fraction of sp³-hybridized carbons (Fsp3) is 0.286. The van der Waals surface area contributed by atoms with Gasteiger partial charge < -0.3 is 15.2 Å². The molecule has 0 unspecified atom stereocenters. The van der Waals surface area contributed by atoms with E-state index in [2.05, 4.69) is 4.98 Å². The summed E-state index contributed by atoms with van der Waals surface area (Å²) in [5.74, 6) is -0.0172. The van der Waals surface area contributed by atoms with Crippen molar-refractivity contribution >= 4 is 51.5 Å². The van der Waals surface area contributed by atoms with Crippen molar-refractivity contribution in [2.24, 2.45) is 12.8 Å². The van der Waals surface area contributed by atoms with Gasteiger partial charge in [0.2, 0.25) is 0 Å². The average Bonchev–Trinajstić information content (AvgIpc) is 2.70. The molecular formula is C21H27Cl2N5O3S. The van der Waals surface area contributed by atoms with E-state index in [9.17, 15) is 13.2 Å². The Hall–Kier alpha value is -2.46. The average molecular weight is 500 g/mol. The molecule has 0 spiro atoms. The number of nitrogens with two attached hydrogens (primary N) is 1. The van der Waals surface area contributed by atoms with Gasteiger partial charge in [0.25, 0.3) is 5.56 Å². The van der Waals surface area contributed by atoms with Crippen LogP contribution in [0.5, 0.6) is 0 Å². The van der Waals surface area contributed by atoms with Crippen molar-refractivity contribution in [1.29, 1.82) is 5.41 Å². The van der Waals surface area contributed by atoms with Crippen LogP contribution in [0, 0.1) is 5.41 Å². The number of hydrogen-bond acceptors (Lipinski definition) is 6. The van der Waals surface area contributed by atoms with Gasteiger partial charge in [-0.05, 0) is 37.9 Å². The molecule has 0 saturated heterocycles. The number of halogens is 2. The smallest absolute Gasteiger partial charge is 0.272 e. The molecule has 1 aromatic heterocycles. The standard InChI is InChI=1S/C21H25N5O3S.2ClH/c1-25(2)10-11-30(28,29)16-8-9-19-17(13-16)24-18(21(27)26(19)3)12-14-4-6-15(7-5-14)20(22)23;;/h4-9,13H,10-12H2,1-3H3,(H3,22,23);2*1H. The van der Waals surface area contributed by atoms with E-state index < -0.39 is 9.84 Å². The molecule has 8 nitrogen and oxygen atoms in total. The molecule has 3 N–H and O–H groups in total. The van der Waals surface area contributed by atoms with E-state index in [1.54, 1.807) is 37.4 Å². The van der Waals surface area contributed by atoms with Crippen molar-refractivity contribution in [1.82, 2.24) is 14.5 Å². The molecule has 0 aliphatic rings. The van der Waals surface area contributed by atoms with Crippen molar-refractivity contribution in [2.45, 2.75) is 11.3 Å². The van der Waals surface area contributed by atoms with Crippen LogP contribution in [0.25, 0.3) is 11.0 Å². The lowest BCUT2D eigenvalue weighted by molar-refractivity contribution is 0.432. The highest BCUT2D eigenvalue weighted by atomic mass is 35.5. The number of rotatable bonds is 7. The number of hydrogen-bond donors (Lipinski definition) is 2. The molecule has 11 heteroatoms. The third-order valence-corrected chi connectivity index (χ3v) is 6.61. The minimum Gasteiger partial charge on any atom is -0.384 e. The van der Waals surface area contributed by atoms with Crippen molar-refractivity contribution in [2.75, 3.05) is 26.4 Å². The van der Waals surface area contributed by atoms with Crippen LogP contribution >= 0.6 is 24.8 Å². The SMILES string of the molecule is CN(C)CCS(=O)(=O)c1ccc2c(c1)nc(Cc1ccc(C(=N)N)cc1)c(=O)n2C.Cl.Cl. The van der Waals surface area contributed by atoms with Gasteiger partial charge in [-0.3, -0.25) is 10.2 Å². The molecule has 0 aliphatic heterocycles. The maximum absolute atomic E-state index is 12.7. The molecule has 3 rings (SSSR count). The number of amidine groups is 1. The third kappa shape index (κ3) is 6.07. The number of aryl methyl sites for hydroxylation is 1. The topological polar surface area (TPSA) is 122 Å². The Bertz CT molecular complexity index is 1270. The Morgan fingerprint density at radius 1 is 1.12 bits per heavy atom. The summed E-state index contributed by atoms with van der Waals surface area (Å²) in [5.41, 5.74) is 8.04. The number of nitrogens with zero attached hydrogens (tertiary/aromatic N) is 3. The Morgan fingerprint density at radius 2 is 1.75 bits per heavy atom. The molecule has 0 bridgehead atoms. The van der Waals surface area contributed by atoms with E-state index in [1.807, 2.05) is 19.0 Å². The molecule has 0 amide bonds. The molecule has 1 heterocycles. The summed E-state index contributed by atoms with van der Waals surface area (Å²) < 4.78 is 26.8. The monoisotopic (exact) mass is 499 g/mol. The van der Waals surface area contributed by atoms with Crippen LogP contribution in [-0.2, 0) is 23.3 Å². The molecule has 2 aromatic carbocycles. The normalized spacial score (nSPS) is 11.1. The predicted molar refractivity (Wildman–Crippen MR) is 132 cm³/mol. The van der Waals surface area contributed by atoms with Crippen LogP contribution in [0.1, 0.15) is 16.8 Å². The number of benzene rings is 2. The summed E-state index contributed by atoms with van der Waals surface area (Å²) in [5, 5.41) is 7.46. The van der Waals surface area contributed by atoms with Crippen LogP contribution in [0.2, 0.25) is 0 Å². The highest BCUT2D eigenvalue weighted by Crippen LogP contribution is 2.19. The van der Waals surface area contributed by atoms with Crippen molar-refractivity contribution in [3.05, 3.63) is 69.6 Å². The summed E-state index contributed by atoms with van der Waals surface area (Å²) in [6.45, 7) is 0.419. The largest absolute Gasteiger partial charge is 0.384 e. The Kier molecular flexibility index (Phi) is 9.40. The Labute approximate surface area is 199 Å². The molecule has 0 saturated carbocycles. The summed E-state index contributed by atoms with van der Waals surface area (Å²) in [6.07, 6.45) is 0.290. The fourth-order valence-electron chi connectivity index (χ4n) is 3.10. The molecule has 0 radical (unpaired) electrons. The second kappa shape index (κ2) is 10.9. The highest BCUT2D eigenvalue weighted by molar-refractivity contribution is 7.91.